The number of carbonyl (C=O) groups is 11. The standard InChI is InChI=1S/C63H114N12O11/c1-26-29-30-42(16)44(27-2)53-56(79)65-45(28-3)58(81)68(18)35-50(76)69(19)46(31-36(4)5)54(77)66-51(40(12)13)61(84)70(20)47(32-37(6)7)55(78)67-75(25)63(86)64-43(17)57(80)71(21)48(33-38(8)9)59(82)72(22)49(34-39(10)11)60(83)73(23)52(41(14)15)62(85)74(53)24/h26,29,36-49,51-53H,27-28,30-35H2,1-25H3,(H,64,86)(H,65,79)(H,66,77)(H,67,78)/b29-26+. The lowest BCUT2D eigenvalue weighted by atomic mass is 9.81. The molecule has 1 heterocycles. The zero-order valence-electron chi connectivity index (χ0n) is 57.2. The summed E-state index contributed by atoms with van der Waals surface area (Å²) in [5.41, 5.74) is 2.55. The summed E-state index contributed by atoms with van der Waals surface area (Å²) in [5, 5.41) is 9.28. The first kappa shape index (κ1) is 77.7. The Balaban J connectivity index is 4.36. The van der Waals surface area contributed by atoms with Crippen molar-refractivity contribution in [1.82, 2.24) is 60.7 Å². The highest BCUT2D eigenvalue weighted by Gasteiger charge is 2.45. The lowest BCUT2D eigenvalue weighted by molar-refractivity contribution is -0.156. The number of hydrogen-bond donors (Lipinski definition) is 4. The molecule has 12 amide bonds. The Morgan fingerprint density at radius 2 is 0.919 bits per heavy atom. The average Bonchev–Trinajstić information content (AvgIpc) is 1.16. The molecule has 11 unspecified atom stereocenters. The van der Waals surface area contributed by atoms with E-state index in [1.165, 1.54) is 97.6 Å². The molecule has 23 heteroatoms. The maximum absolute atomic E-state index is 15.4. The molecule has 4 N–H and O–H groups in total. The molecule has 0 aliphatic carbocycles. The average molecular weight is 1220 g/mol. The molecular weight excluding hydrogens is 1100 g/mol. The van der Waals surface area contributed by atoms with E-state index >= 15 is 19.2 Å². The Morgan fingerprint density at radius 1 is 0.477 bits per heavy atom. The van der Waals surface area contributed by atoms with Gasteiger partial charge in [0.2, 0.25) is 53.2 Å². The summed E-state index contributed by atoms with van der Waals surface area (Å²) in [5.74, 6) is -8.26. The molecule has 1 fully saturated rings. The van der Waals surface area contributed by atoms with Crippen LogP contribution in [0.4, 0.5) is 4.79 Å². The molecule has 0 bridgehead atoms. The molecule has 0 aromatic heterocycles. The van der Waals surface area contributed by atoms with Gasteiger partial charge in [0.1, 0.15) is 54.4 Å². The van der Waals surface area contributed by atoms with E-state index in [0.29, 0.717) is 12.8 Å². The summed E-state index contributed by atoms with van der Waals surface area (Å²) in [4.78, 5) is 170. The third kappa shape index (κ3) is 21.5. The first-order chi connectivity index (χ1) is 39.7. The Morgan fingerprint density at radius 3 is 1.36 bits per heavy atom. The van der Waals surface area contributed by atoms with Gasteiger partial charge in [-0.05, 0) is 99.7 Å². The minimum absolute atomic E-state index is 0.105. The van der Waals surface area contributed by atoms with E-state index in [-0.39, 0.29) is 61.7 Å². The van der Waals surface area contributed by atoms with Crippen molar-refractivity contribution in [2.75, 3.05) is 62.9 Å². The number of amides is 12. The van der Waals surface area contributed by atoms with Crippen molar-refractivity contribution in [2.45, 2.75) is 217 Å². The molecule has 86 heavy (non-hydrogen) atoms. The van der Waals surface area contributed by atoms with Gasteiger partial charge in [-0.15, -0.1) is 0 Å². The predicted molar refractivity (Wildman–Crippen MR) is 335 cm³/mol. The van der Waals surface area contributed by atoms with Gasteiger partial charge in [-0.2, -0.15) is 0 Å². The number of nitrogens with zero attached hydrogens (tertiary/aromatic N) is 8. The van der Waals surface area contributed by atoms with E-state index in [4.69, 9.17) is 0 Å². The first-order valence-corrected chi connectivity index (χ1v) is 31.2. The molecule has 0 spiro atoms. The molecule has 1 saturated heterocycles. The van der Waals surface area contributed by atoms with Crippen LogP contribution in [0.15, 0.2) is 12.2 Å². The highest BCUT2D eigenvalue weighted by Crippen LogP contribution is 2.30. The largest absolute Gasteiger partial charge is 0.343 e. The van der Waals surface area contributed by atoms with Crippen LogP contribution in [0.1, 0.15) is 163 Å². The molecule has 11 atom stereocenters. The quantitative estimate of drug-likeness (QED) is 0.150. The topological polar surface area (TPSA) is 262 Å². The first-order valence-electron chi connectivity index (χ1n) is 31.2. The van der Waals surface area contributed by atoms with E-state index in [9.17, 15) is 33.6 Å². The molecule has 0 aromatic carbocycles. The number of hydrazine groups is 1. The van der Waals surface area contributed by atoms with E-state index in [0.717, 1.165) is 5.01 Å². The zero-order valence-corrected chi connectivity index (χ0v) is 57.2. The number of likely N-dealkylation sites (N-methyl/N-ethyl adjacent to an activating group) is 7. The van der Waals surface area contributed by atoms with Gasteiger partial charge in [-0.1, -0.05) is 122 Å². The van der Waals surface area contributed by atoms with Gasteiger partial charge in [0, 0.05) is 56.4 Å². The summed E-state index contributed by atoms with van der Waals surface area (Å²) < 4.78 is 0. The molecule has 0 radical (unpaired) electrons. The van der Waals surface area contributed by atoms with Gasteiger partial charge in [0.25, 0.3) is 5.91 Å². The number of hydrogen-bond acceptors (Lipinski definition) is 11. The molecule has 1 aliphatic heterocycles. The Kier molecular flexibility index (Phi) is 32.1. The van der Waals surface area contributed by atoms with Gasteiger partial charge in [0.05, 0.1) is 6.54 Å². The number of urea groups is 1. The van der Waals surface area contributed by atoms with Crippen LogP contribution in [-0.2, 0) is 47.9 Å². The van der Waals surface area contributed by atoms with Crippen LogP contribution >= 0.6 is 0 Å². The highest BCUT2D eigenvalue weighted by atomic mass is 16.2. The number of rotatable bonds is 16. The SMILES string of the molecule is C/C=C/CC(C)C(CC)C1C(=O)NC(CC)C(=O)N(C)CC(=O)N(C)C(CC(C)C)C(=O)NC(C(C)C)C(=O)N(C)C(CC(C)C)C(=O)NN(C)C(=O)NC(C)C(=O)N(C)C(CC(C)C)C(=O)N(C)C(CC(C)C)C(=O)N(C)C(C(C)C)C(=O)N1C. The van der Waals surface area contributed by atoms with Crippen LogP contribution in [0.25, 0.3) is 0 Å². The summed E-state index contributed by atoms with van der Waals surface area (Å²) in [6.45, 7) is 30.6. The molecular formula is C63H114N12O11. The Bertz CT molecular complexity index is 2340. The fourth-order valence-electron chi connectivity index (χ4n) is 11.3. The third-order valence-electron chi connectivity index (χ3n) is 16.6. The van der Waals surface area contributed by atoms with Crippen LogP contribution < -0.4 is 21.4 Å². The van der Waals surface area contributed by atoms with Crippen molar-refractivity contribution in [1.29, 1.82) is 0 Å². The molecule has 1 aliphatic rings. The van der Waals surface area contributed by atoms with E-state index in [1.54, 1.807) is 34.6 Å². The smallest absolute Gasteiger partial charge is 0.336 e. The van der Waals surface area contributed by atoms with Crippen LogP contribution in [0.3, 0.4) is 0 Å². The second-order valence-corrected chi connectivity index (χ2v) is 26.4. The van der Waals surface area contributed by atoms with Crippen molar-refractivity contribution < 1.29 is 52.7 Å². The fourth-order valence-corrected chi connectivity index (χ4v) is 11.3. The van der Waals surface area contributed by atoms with Gasteiger partial charge < -0.3 is 50.2 Å². The minimum atomic E-state index is -1.24. The molecule has 492 valence electrons. The number of nitrogens with one attached hydrogen (secondary N) is 4. The summed E-state index contributed by atoms with van der Waals surface area (Å²) in [6.07, 6.45) is 5.69. The van der Waals surface area contributed by atoms with Gasteiger partial charge >= 0.3 is 6.03 Å². The van der Waals surface area contributed by atoms with Crippen molar-refractivity contribution in [3.8, 4) is 0 Å². The molecule has 1 rings (SSSR count). The van der Waals surface area contributed by atoms with E-state index in [2.05, 4.69) is 21.4 Å². The number of allylic oxidation sites excluding steroid dienone is 2. The second kappa shape index (κ2) is 35.5. The second-order valence-electron chi connectivity index (χ2n) is 26.4. The van der Waals surface area contributed by atoms with Gasteiger partial charge in [0.15, 0.2) is 0 Å². The Hall–Kier alpha value is -6.29. The van der Waals surface area contributed by atoms with E-state index < -0.39 is 144 Å². The minimum Gasteiger partial charge on any atom is -0.343 e. The fraction of sp³-hybridized carbons (Fsp3) is 0.794. The van der Waals surface area contributed by atoms with Crippen LogP contribution in [0.2, 0.25) is 0 Å². The lowest BCUT2D eigenvalue weighted by Gasteiger charge is -2.42. The molecule has 0 saturated carbocycles. The number of carbonyl (C=O) groups excluding carboxylic acids is 11. The van der Waals surface area contributed by atoms with Crippen LogP contribution in [-0.4, -0.2) is 222 Å². The Labute approximate surface area is 516 Å². The summed E-state index contributed by atoms with van der Waals surface area (Å²) in [6, 6.07) is -11.3. The zero-order chi connectivity index (χ0) is 66.7. The summed E-state index contributed by atoms with van der Waals surface area (Å²) >= 11 is 0. The maximum atomic E-state index is 15.4. The van der Waals surface area contributed by atoms with Crippen LogP contribution in [0, 0.1) is 47.3 Å². The van der Waals surface area contributed by atoms with Crippen molar-refractivity contribution in [3.63, 3.8) is 0 Å². The summed E-state index contributed by atoms with van der Waals surface area (Å²) in [7, 11) is 11.5. The monoisotopic (exact) mass is 1210 g/mol. The highest BCUT2D eigenvalue weighted by molar-refractivity contribution is 5.99. The van der Waals surface area contributed by atoms with Gasteiger partial charge in [-0.3, -0.25) is 53.4 Å². The predicted octanol–water partition coefficient (Wildman–Crippen LogP) is 4.99. The van der Waals surface area contributed by atoms with E-state index in [1.807, 2.05) is 88.3 Å². The maximum Gasteiger partial charge on any atom is 0.336 e. The third-order valence-corrected chi connectivity index (χ3v) is 16.6. The van der Waals surface area contributed by atoms with Crippen molar-refractivity contribution >= 4 is 65.1 Å². The molecule has 0 aromatic rings. The lowest BCUT2D eigenvalue weighted by Crippen LogP contribution is -2.62. The van der Waals surface area contributed by atoms with Gasteiger partial charge in [-0.25, -0.2) is 9.80 Å². The van der Waals surface area contributed by atoms with Crippen LogP contribution in [0.5, 0.6) is 0 Å². The van der Waals surface area contributed by atoms with Crippen molar-refractivity contribution in [2.24, 2.45) is 47.3 Å². The normalized spacial score (nSPS) is 25.9. The van der Waals surface area contributed by atoms with Crippen molar-refractivity contribution in [3.05, 3.63) is 12.2 Å². The molecule has 23 nitrogen and oxygen atoms in total.